The van der Waals surface area contributed by atoms with Gasteiger partial charge in [-0.25, -0.2) is 4.79 Å². The molecule has 0 aliphatic rings. The van der Waals surface area contributed by atoms with Crippen LogP contribution >= 0.6 is 0 Å². The van der Waals surface area contributed by atoms with Crippen LogP contribution in [0.15, 0.2) is 52.1 Å². The van der Waals surface area contributed by atoms with Crippen molar-refractivity contribution >= 4 is 28.6 Å². The molecule has 0 fully saturated rings. The van der Waals surface area contributed by atoms with Gasteiger partial charge in [0.15, 0.2) is 0 Å². The average Bonchev–Trinajstić information content (AvgIpc) is 2.75. The van der Waals surface area contributed by atoms with Crippen LogP contribution in [0.4, 0.5) is 5.69 Å². The van der Waals surface area contributed by atoms with Gasteiger partial charge >= 0.3 is 17.1 Å². The van der Waals surface area contributed by atoms with Gasteiger partial charge in [0.2, 0.25) is 0 Å². The smallest absolute Gasteiger partial charge is 0.338 e. The van der Waals surface area contributed by atoms with Crippen molar-refractivity contribution < 1.29 is 14.3 Å². The lowest BCUT2D eigenvalue weighted by molar-refractivity contribution is 0.0499. The van der Waals surface area contributed by atoms with Crippen molar-refractivity contribution in [2.24, 2.45) is 0 Å². The van der Waals surface area contributed by atoms with E-state index in [4.69, 9.17) is 4.74 Å². The molecule has 0 radical (unpaired) electrons. The molecule has 1 amide bonds. The molecule has 3 rings (SSSR count). The number of nitrogens with one attached hydrogen (secondary N) is 2. The minimum Gasteiger partial charge on any atom is -0.462 e. The van der Waals surface area contributed by atoms with Crippen LogP contribution in [0.1, 0.15) is 47.4 Å². The van der Waals surface area contributed by atoms with Crippen molar-refractivity contribution in [3.05, 3.63) is 74.3 Å². The largest absolute Gasteiger partial charge is 0.462 e. The van der Waals surface area contributed by atoms with Crippen molar-refractivity contribution in [2.75, 3.05) is 11.9 Å². The number of esters is 1. The van der Waals surface area contributed by atoms with Crippen LogP contribution in [-0.2, 0) is 11.3 Å². The summed E-state index contributed by atoms with van der Waals surface area (Å²) in [5.41, 5.74) is 0.826. The van der Waals surface area contributed by atoms with E-state index in [-0.39, 0.29) is 5.91 Å². The second-order valence-electron chi connectivity index (χ2n) is 6.76. The van der Waals surface area contributed by atoms with Crippen molar-refractivity contribution in [1.29, 1.82) is 0 Å². The highest BCUT2D eigenvalue weighted by Gasteiger charge is 2.12. The van der Waals surface area contributed by atoms with E-state index in [1.807, 2.05) is 6.92 Å². The second kappa shape index (κ2) is 9.21. The first-order valence-corrected chi connectivity index (χ1v) is 9.80. The van der Waals surface area contributed by atoms with Gasteiger partial charge in [0.05, 0.1) is 23.2 Å². The van der Waals surface area contributed by atoms with Gasteiger partial charge in [0.1, 0.15) is 0 Å². The third-order valence-corrected chi connectivity index (χ3v) is 4.66. The third-order valence-electron chi connectivity index (χ3n) is 4.66. The Balaban J connectivity index is 1.76. The number of carbonyl (C=O) groups is 2. The summed E-state index contributed by atoms with van der Waals surface area (Å²) in [7, 11) is 0. The molecule has 8 nitrogen and oxygen atoms in total. The first-order chi connectivity index (χ1) is 14.4. The van der Waals surface area contributed by atoms with Gasteiger partial charge in [-0.2, -0.15) is 0 Å². The number of amides is 1. The number of H-pyrrole nitrogens is 1. The predicted octanol–water partition coefficient (Wildman–Crippen LogP) is 2.92. The van der Waals surface area contributed by atoms with E-state index in [0.29, 0.717) is 41.0 Å². The molecule has 2 N–H and O–H groups in total. The Hall–Kier alpha value is -3.68. The summed E-state index contributed by atoms with van der Waals surface area (Å²) in [5.74, 6) is -0.785. The second-order valence-corrected chi connectivity index (χ2v) is 6.76. The van der Waals surface area contributed by atoms with Crippen molar-refractivity contribution in [3.63, 3.8) is 0 Å². The van der Waals surface area contributed by atoms with Crippen LogP contribution in [0.2, 0.25) is 0 Å². The molecule has 0 saturated carbocycles. The molecule has 1 heterocycles. The van der Waals surface area contributed by atoms with E-state index in [1.165, 1.54) is 10.6 Å². The predicted molar refractivity (Wildman–Crippen MR) is 114 cm³/mol. The standard InChI is InChI=1S/C22H23N3O5/c1-3-5-12-30-22(29)14-6-9-16(10-7-14)23-19(26)15-8-11-18-17(13-15)24-20(27)21(28)25(18)4-2/h6-11,13H,3-5,12H2,1-2H3,(H,23,26)(H,24,27). The Morgan fingerprint density at radius 1 is 1.03 bits per heavy atom. The number of aromatic amines is 1. The summed E-state index contributed by atoms with van der Waals surface area (Å²) >= 11 is 0. The lowest BCUT2D eigenvalue weighted by atomic mass is 10.1. The quantitative estimate of drug-likeness (QED) is 0.354. The molecule has 0 unspecified atom stereocenters. The van der Waals surface area contributed by atoms with Crippen LogP contribution < -0.4 is 16.4 Å². The molecule has 0 aliphatic heterocycles. The molecule has 1 aromatic heterocycles. The van der Waals surface area contributed by atoms with Crippen molar-refractivity contribution in [1.82, 2.24) is 9.55 Å². The van der Waals surface area contributed by atoms with Gasteiger partial charge in [-0.05, 0) is 55.8 Å². The Morgan fingerprint density at radius 3 is 2.40 bits per heavy atom. The number of anilines is 1. The molecule has 0 aliphatic carbocycles. The van der Waals surface area contributed by atoms with E-state index in [2.05, 4.69) is 10.3 Å². The number of hydrogen-bond donors (Lipinski definition) is 2. The Kier molecular flexibility index (Phi) is 6.46. The summed E-state index contributed by atoms with van der Waals surface area (Å²) in [6.07, 6.45) is 1.75. The number of aryl methyl sites for hydroxylation is 1. The Bertz CT molecular complexity index is 1190. The van der Waals surface area contributed by atoms with Crippen LogP contribution in [0.5, 0.6) is 0 Å². The number of aromatic nitrogens is 2. The topological polar surface area (TPSA) is 110 Å². The molecule has 0 spiro atoms. The fourth-order valence-corrected chi connectivity index (χ4v) is 3.02. The van der Waals surface area contributed by atoms with Crippen LogP contribution in [0, 0.1) is 0 Å². The molecular weight excluding hydrogens is 386 g/mol. The molecule has 0 atom stereocenters. The summed E-state index contributed by atoms with van der Waals surface area (Å²) in [6, 6.07) is 11.1. The molecule has 156 valence electrons. The third kappa shape index (κ3) is 4.48. The number of unbranched alkanes of at least 4 members (excludes halogenated alkanes) is 1. The van der Waals surface area contributed by atoms with Crippen LogP contribution in [0.3, 0.4) is 0 Å². The highest BCUT2D eigenvalue weighted by Crippen LogP contribution is 2.15. The number of fused-ring (bicyclic) bond motifs is 1. The van der Waals surface area contributed by atoms with E-state index in [1.54, 1.807) is 43.3 Å². The highest BCUT2D eigenvalue weighted by molar-refractivity contribution is 6.06. The number of nitrogens with zero attached hydrogens (tertiary/aromatic N) is 1. The molecule has 2 aromatic carbocycles. The fraction of sp³-hybridized carbons (Fsp3) is 0.273. The molecule has 30 heavy (non-hydrogen) atoms. The lowest BCUT2D eigenvalue weighted by Crippen LogP contribution is -2.36. The van der Waals surface area contributed by atoms with Gasteiger partial charge < -0.3 is 19.6 Å². The summed E-state index contributed by atoms with van der Waals surface area (Å²) in [6.45, 7) is 4.51. The van der Waals surface area contributed by atoms with Gasteiger partial charge in [-0.3, -0.25) is 14.4 Å². The zero-order chi connectivity index (χ0) is 21.7. The molecule has 3 aromatic rings. The number of hydrogen-bond acceptors (Lipinski definition) is 5. The maximum absolute atomic E-state index is 12.6. The van der Waals surface area contributed by atoms with E-state index in [9.17, 15) is 19.2 Å². The van der Waals surface area contributed by atoms with Gasteiger partial charge in [-0.1, -0.05) is 13.3 Å². The Labute approximate surface area is 172 Å². The number of carbonyl (C=O) groups excluding carboxylic acids is 2. The maximum Gasteiger partial charge on any atom is 0.338 e. The fourth-order valence-electron chi connectivity index (χ4n) is 3.02. The zero-order valence-corrected chi connectivity index (χ0v) is 16.9. The summed E-state index contributed by atoms with van der Waals surface area (Å²) in [4.78, 5) is 50.8. The molecule has 8 heteroatoms. The van der Waals surface area contributed by atoms with E-state index in [0.717, 1.165) is 12.8 Å². The average molecular weight is 409 g/mol. The highest BCUT2D eigenvalue weighted by atomic mass is 16.5. The van der Waals surface area contributed by atoms with Gasteiger partial charge in [0.25, 0.3) is 5.91 Å². The van der Waals surface area contributed by atoms with Crippen molar-refractivity contribution in [2.45, 2.75) is 33.2 Å². The van der Waals surface area contributed by atoms with Crippen LogP contribution in [-0.4, -0.2) is 28.0 Å². The first-order valence-electron chi connectivity index (χ1n) is 9.80. The van der Waals surface area contributed by atoms with E-state index >= 15 is 0 Å². The van der Waals surface area contributed by atoms with Crippen molar-refractivity contribution in [3.8, 4) is 0 Å². The van der Waals surface area contributed by atoms with Gasteiger partial charge in [-0.15, -0.1) is 0 Å². The Morgan fingerprint density at radius 2 is 1.73 bits per heavy atom. The summed E-state index contributed by atoms with van der Waals surface area (Å²) in [5, 5.41) is 2.74. The monoisotopic (exact) mass is 409 g/mol. The number of ether oxygens (including phenoxy) is 1. The minimum absolute atomic E-state index is 0.322. The SMILES string of the molecule is CCCCOC(=O)c1ccc(NC(=O)c2ccc3c(c2)[nH]c(=O)c(=O)n3CC)cc1. The maximum atomic E-state index is 12.6. The molecular formula is C22H23N3O5. The normalized spacial score (nSPS) is 10.7. The lowest BCUT2D eigenvalue weighted by Gasteiger charge is -2.10. The first kappa shape index (κ1) is 21.0. The minimum atomic E-state index is -0.733. The molecule has 0 bridgehead atoms. The molecule has 0 saturated heterocycles. The van der Waals surface area contributed by atoms with Gasteiger partial charge in [0, 0.05) is 17.8 Å². The zero-order valence-electron chi connectivity index (χ0n) is 16.9. The van der Waals surface area contributed by atoms with E-state index < -0.39 is 17.1 Å². The van der Waals surface area contributed by atoms with Crippen LogP contribution in [0.25, 0.3) is 11.0 Å². The number of rotatable bonds is 7. The summed E-state index contributed by atoms with van der Waals surface area (Å²) < 4.78 is 6.51. The number of benzene rings is 2.